The Morgan fingerprint density at radius 3 is 2.38 bits per heavy atom. The molecule has 1 aliphatic heterocycles. The van der Waals surface area contributed by atoms with Gasteiger partial charge in [0.25, 0.3) is 5.91 Å². The summed E-state index contributed by atoms with van der Waals surface area (Å²) in [5.74, 6) is -0.154. The number of carbonyl (C=O) groups is 2. The Morgan fingerprint density at radius 2 is 1.77 bits per heavy atom. The lowest BCUT2D eigenvalue weighted by Gasteiger charge is -2.27. The first-order valence-electron chi connectivity index (χ1n) is 8.62. The lowest BCUT2D eigenvalue weighted by Crippen LogP contribution is -2.34. The molecule has 0 unspecified atom stereocenters. The summed E-state index contributed by atoms with van der Waals surface area (Å²) in [5, 5.41) is 8.62. The molecule has 1 heterocycles. The van der Waals surface area contributed by atoms with Crippen molar-refractivity contribution in [2.24, 2.45) is 0 Å². The number of aliphatic carboxylic acids is 1. The number of carboxylic acids is 1. The molecule has 5 nitrogen and oxygen atoms in total. The standard InChI is InChI=1S/C21H21NO4/c23-20(24)12-15-26-19-8-6-16(7-9-19)17-10-13-22(14-11-17)21(25)18-4-2-1-3-5-18/h1-10H,11-15H2,(H,23,24). The third-order valence-corrected chi connectivity index (χ3v) is 4.33. The molecule has 2 aromatic carbocycles. The van der Waals surface area contributed by atoms with Crippen LogP contribution < -0.4 is 4.74 Å². The molecule has 0 saturated heterocycles. The van der Waals surface area contributed by atoms with Crippen LogP contribution in [0.5, 0.6) is 5.75 Å². The zero-order valence-electron chi connectivity index (χ0n) is 14.4. The molecule has 5 heteroatoms. The Kier molecular flexibility index (Phi) is 5.69. The van der Waals surface area contributed by atoms with Crippen LogP contribution in [0, 0.1) is 0 Å². The van der Waals surface area contributed by atoms with E-state index in [1.165, 1.54) is 5.57 Å². The maximum absolute atomic E-state index is 12.5. The molecule has 2 aromatic rings. The number of rotatable bonds is 6. The highest BCUT2D eigenvalue weighted by Gasteiger charge is 2.19. The van der Waals surface area contributed by atoms with E-state index in [1.807, 2.05) is 59.5 Å². The van der Waals surface area contributed by atoms with E-state index < -0.39 is 5.97 Å². The van der Waals surface area contributed by atoms with Gasteiger partial charge in [0.15, 0.2) is 0 Å². The predicted octanol–water partition coefficient (Wildman–Crippen LogP) is 3.47. The van der Waals surface area contributed by atoms with Gasteiger partial charge in [0.1, 0.15) is 5.75 Å². The molecule has 1 N–H and O–H groups in total. The first-order chi connectivity index (χ1) is 12.6. The van der Waals surface area contributed by atoms with Gasteiger partial charge in [-0.25, -0.2) is 0 Å². The summed E-state index contributed by atoms with van der Waals surface area (Å²) in [6.45, 7) is 1.45. The number of hydrogen-bond acceptors (Lipinski definition) is 3. The number of nitrogens with zero attached hydrogens (tertiary/aromatic N) is 1. The molecule has 0 aromatic heterocycles. The Bertz CT molecular complexity index is 797. The minimum Gasteiger partial charge on any atom is -0.493 e. The van der Waals surface area contributed by atoms with Crippen LogP contribution >= 0.6 is 0 Å². The van der Waals surface area contributed by atoms with E-state index in [4.69, 9.17) is 9.84 Å². The number of carbonyl (C=O) groups excluding carboxylic acids is 1. The molecule has 3 rings (SSSR count). The summed E-state index contributed by atoms with van der Waals surface area (Å²) < 4.78 is 5.40. The summed E-state index contributed by atoms with van der Waals surface area (Å²) in [6, 6.07) is 17.0. The fourth-order valence-corrected chi connectivity index (χ4v) is 2.90. The normalized spacial score (nSPS) is 13.8. The Morgan fingerprint density at radius 1 is 1.04 bits per heavy atom. The van der Waals surface area contributed by atoms with Crippen molar-refractivity contribution >= 4 is 17.4 Å². The molecule has 0 saturated carbocycles. The van der Waals surface area contributed by atoms with Crippen molar-refractivity contribution < 1.29 is 19.4 Å². The van der Waals surface area contributed by atoms with Crippen LogP contribution in [0.1, 0.15) is 28.8 Å². The molecule has 0 radical (unpaired) electrons. The second-order valence-corrected chi connectivity index (χ2v) is 6.11. The van der Waals surface area contributed by atoms with Gasteiger partial charge in [0, 0.05) is 18.7 Å². The van der Waals surface area contributed by atoms with Gasteiger partial charge < -0.3 is 14.7 Å². The third kappa shape index (κ3) is 4.51. The average Bonchev–Trinajstić information content (AvgIpc) is 2.68. The van der Waals surface area contributed by atoms with E-state index in [0.29, 0.717) is 24.4 Å². The predicted molar refractivity (Wildman–Crippen MR) is 99.1 cm³/mol. The van der Waals surface area contributed by atoms with E-state index in [9.17, 15) is 9.59 Å². The molecule has 0 atom stereocenters. The molecule has 0 fully saturated rings. The van der Waals surface area contributed by atoms with Crippen LogP contribution in [-0.4, -0.2) is 41.6 Å². The molecule has 134 valence electrons. The van der Waals surface area contributed by atoms with E-state index in [1.54, 1.807) is 0 Å². The van der Waals surface area contributed by atoms with Gasteiger partial charge in [0.2, 0.25) is 0 Å². The van der Waals surface area contributed by atoms with Crippen LogP contribution in [0.2, 0.25) is 0 Å². The summed E-state index contributed by atoms with van der Waals surface area (Å²) >= 11 is 0. The van der Waals surface area contributed by atoms with Crippen LogP contribution in [0.3, 0.4) is 0 Å². The summed E-state index contributed by atoms with van der Waals surface area (Å²) in [7, 11) is 0. The molecule has 1 aliphatic rings. The zero-order valence-corrected chi connectivity index (χ0v) is 14.4. The third-order valence-electron chi connectivity index (χ3n) is 4.33. The van der Waals surface area contributed by atoms with Crippen molar-refractivity contribution in [2.45, 2.75) is 12.8 Å². The number of ether oxygens (including phenoxy) is 1. The summed E-state index contributed by atoms with van der Waals surface area (Å²) in [6.07, 6.45) is 2.88. The maximum atomic E-state index is 12.5. The summed E-state index contributed by atoms with van der Waals surface area (Å²) in [5.41, 5.74) is 3.02. The van der Waals surface area contributed by atoms with Crippen molar-refractivity contribution in [3.05, 3.63) is 71.8 Å². The first kappa shape index (κ1) is 17.7. The highest BCUT2D eigenvalue weighted by molar-refractivity contribution is 5.94. The molecule has 26 heavy (non-hydrogen) atoms. The molecule has 0 bridgehead atoms. The zero-order chi connectivity index (χ0) is 18.4. The fourth-order valence-electron chi connectivity index (χ4n) is 2.90. The number of amides is 1. The summed E-state index contributed by atoms with van der Waals surface area (Å²) in [4.78, 5) is 24.8. The van der Waals surface area contributed by atoms with Crippen LogP contribution in [-0.2, 0) is 4.79 Å². The van der Waals surface area contributed by atoms with Gasteiger partial charge in [-0.3, -0.25) is 9.59 Å². The highest BCUT2D eigenvalue weighted by Crippen LogP contribution is 2.25. The number of carboxylic acid groups (broad SMARTS) is 1. The molecule has 1 amide bonds. The quantitative estimate of drug-likeness (QED) is 0.865. The van der Waals surface area contributed by atoms with Crippen LogP contribution in [0.4, 0.5) is 0 Å². The van der Waals surface area contributed by atoms with E-state index in [-0.39, 0.29) is 18.9 Å². The van der Waals surface area contributed by atoms with Crippen molar-refractivity contribution in [1.29, 1.82) is 0 Å². The minimum absolute atomic E-state index is 0.0157. The van der Waals surface area contributed by atoms with E-state index in [0.717, 1.165) is 12.0 Å². The second kappa shape index (κ2) is 8.34. The molecule has 0 spiro atoms. The van der Waals surface area contributed by atoms with Crippen molar-refractivity contribution in [1.82, 2.24) is 4.90 Å². The number of benzene rings is 2. The smallest absolute Gasteiger partial charge is 0.306 e. The fraction of sp³-hybridized carbons (Fsp3) is 0.238. The molecular weight excluding hydrogens is 330 g/mol. The van der Waals surface area contributed by atoms with E-state index in [2.05, 4.69) is 6.08 Å². The van der Waals surface area contributed by atoms with Gasteiger partial charge in [-0.2, -0.15) is 0 Å². The number of hydrogen-bond donors (Lipinski definition) is 1. The Hall–Kier alpha value is -3.08. The van der Waals surface area contributed by atoms with Gasteiger partial charge in [-0.05, 0) is 41.8 Å². The highest BCUT2D eigenvalue weighted by atomic mass is 16.5. The van der Waals surface area contributed by atoms with Crippen molar-refractivity contribution in [3.8, 4) is 5.75 Å². The van der Waals surface area contributed by atoms with Gasteiger partial charge in [0.05, 0.1) is 13.0 Å². The van der Waals surface area contributed by atoms with Gasteiger partial charge in [-0.1, -0.05) is 36.4 Å². The van der Waals surface area contributed by atoms with Crippen LogP contribution in [0.15, 0.2) is 60.7 Å². The SMILES string of the molecule is O=C(O)CCOc1ccc(C2=CCN(C(=O)c3ccccc3)CC2)cc1. The lowest BCUT2D eigenvalue weighted by atomic mass is 9.99. The average molecular weight is 351 g/mol. The Labute approximate surface area is 152 Å². The van der Waals surface area contributed by atoms with Crippen LogP contribution in [0.25, 0.3) is 5.57 Å². The van der Waals surface area contributed by atoms with E-state index >= 15 is 0 Å². The second-order valence-electron chi connectivity index (χ2n) is 6.11. The van der Waals surface area contributed by atoms with Gasteiger partial charge in [-0.15, -0.1) is 0 Å². The maximum Gasteiger partial charge on any atom is 0.306 e. The topological polar surface area (TPSA) is 66.8 Å². The monoisotopic (exact) mass is 351 g/mol. The van der Waals surface area contributed by atoms with Gasteiger partial charge >= 0.3 is 5.97 Å². The molecular formula is C21H21NO4. The van der Waals surface area contributed by atoms with Crippen molar-refractivity contribution in [3.63, 3.8) is 0 Å². The minimum atomic E-state index is -0.872. The molecule has 0 aliphatic carbocycles. The lowest BCUT2D eigenvalue weighted by molar-refractivity contribution is -0.137. The Balaban J connectivity index is 1.58. The first-order valence-corrected chi connectivity index (χ1v) is 8.62. The largest absolute Gasteiger partial charge is 0.493 e. The van der Waals surface area contributed by atoms with Crippen molar-refractivity contribution in [2.75, 3.05) is 19.7 Å².